The Morgan fingerprint density at radius 2 is 2.00 bits per heavy atom. The van der Waals surface area contributed by atoms with Crippen LogP contribution in [-0.2, 0) is 16.0 Å². The Bertz CT molecular complexity index is 834. The van der Waals surface area contributed by atoms with Crippen molar-refractivity contribution in [3.63, 3.8) is 0 Å². The Morgan fingerprint density at radius 1 is 1.26 bits per heavy atom. The first-order valence-corrected chi connectivity index (χ1v) is 9.04. The Balaban J connectivity index is 1.50. The zero-order chi connectivity index (χ0) is 19.4. The van der Waals surface area contributed by atoms with E-state index in [1.165, 1.54) is 6.92 Å². The first-order valence-electron chi connectivity index (χ1n) is 9.04. The second-order valence-electron chi connectivity index (χ2n) is 7.34. The zero-order valence-corrected chi connectivity index (χ0v) is 15.6. The topological polar surface area (TPSA) is 88.5 Å². The van der Waals surface area contributed by atoms with Crippen LogP contribution in [0.5, 0.6) is 5.75 Å². The number of benzene rings is 1. The second kappa shape index (κ2) is 7.78. The van der Waals surface area contributed by atoms with E-state index in [1.807, 2.05) is 43.3 Å². The standard InChI is InChI=1S/C21H24N2O4/c1-14(24)22-19-5-3-4-16(23-19)10-11-27-17-8-6-15(7-9-17)18-12-21(18,2)13-20(25)26/h3-9,18H,10-13H2,1-2H3,(H,25,26)(H,22,23,24). The van der Waals surface area contributed by atoms with Gasteiger partial charge in [-0.1, -0.05) is 25.1 Å². The third kappa shape index (κ3) is 5.06. The van der Waals surface area contributed by atoms with Gasteiger partial charge in [-0.05, 0) is 47.6 Å². The molecule has 1 aromatic carbocycles. The van der Waals surface area contributed by atoms with Gasteiger partial charge in [0, 0.05) is 19.0 Å². The zero-order valence-electron chi connectivity index (χ0n) is 15.6. The predicted octanol–water partition coefficient (Wildman–Crippen LogP) is 3.63. The van der Waals surface area contributed by atoms with Crippen LogP contribution in [0.25, 0.3) is 0 Å². The van der Waals surface area contributed by atoms with Crippen LogP contribution in [0.3, 0.4) is 0 Å². The first-order chi connectivity index (χ1) is 12.9. The number of hydrogen-bond donors (Lipinski definition) is 2. The molecule has 142 valence electrons. The van der Waals surface area contributed by atoms with Crippen molar-refractivity contribution in [2.75, 3.05) is 11.9 Å². The number of rotatable bonds is 8. The van der Waals surface area contributed by atoms with Crippen LogP contribution in [0.4, 0.5) is 5.82 Å². The summed E-state index contributed by atoms with van der Waals surface area (Å²) in [7, 11) is 0. The maximum Gasteiger partial charge on any atom is 0.303 e. The van der Waals surface area contributed by atoms with Crippen molar-refractivity contribution in [3.8, 4) is 5.75 Å². The van der Waals surface area contributed by atoms with E-state index in [1.54, 1.807) is 6.07 Å². The average molecular weight is 368 g/mol. The third-order valence-electron chi connectivity index (χ3n) is 4.93. The molecule has 3 rings (SSSR count). The molecule has 1 aliphatic rings. The van der Waals surface area contributed by atoms with Crippen LogP contribution < -0.4 is 10.1 Å². The molecule has 0 spiro atoms. The lowest BCUT2D eigenvalue weighted by molar-refractivity contribution is -0.138. The molecule has 1 amide bonds. The maximum atomic E-state index is 11.1. The fraction of sp³-hybridized carbons (Fsp3) is 0.381. The number of nitrogens with zero attached hydrogens (tertiary/aromatic N) is 1. The highest BCUT2D eigenvalue weighted by molar-refractivity contribution is 5.87. The number of pyridine rings is 1. The third-order valence-corrected chi connectivity index (χ3v) is 4.93. The monoisotopic (exact) mass is 368 g/mol. The number of amides is 1. The maximum absolute atomic E-state index is 11.1. The minimum absolute atomic E-state index is 0.126. The fourth-order valence-electron chi connectivity index (χ4n) is 3.41. The van der Waals surface area contributed by atoms with Gasteiger partial charge in [-0.15, -0.1) is 0 Å². The molecule has 6 nitrogen and oxygen atoms in total. The van der Waals surface area contributed by atoms with Crippen LogP contribution in [0.15, 0.2) is 42.5 Å². The summed E-state index contributed by atoms with van der Waals surface area (Å²) in [6.45, 7) is 3.96. The Morgan fingerprint density at radius 3 is 2.67 bits per heavy atom. The molecule has 27 heavy (non-hydrogen) atoms. The summed E-state index contributed by atoms with van der Waals surface area (Å²) in [6, 6.07) is 13.4. The van der Waals surface area contributed by atoms with Crippen molar-refractivity contribution in [1.29, 1.82) is 0 Å². The minimum Gasteiger partial charge on any atom is -0.493 e. The SMILES string of the molecule is CC(=O)Nc1cccc(CCOc2ccc(C3CC3(C)CC(=O)O)cc2)n1. The summed E-state index contributed by atoms with van der Waals surface area (Å²) >= 11 is 0. The summed E-state index contributed by atoms with van der Waals surface area (Å²) < 4.78 is 5.78. The van der Waals surface area contributed by atoms with Crippen LogP contribution in [-0.4, -0.2) is 28.6 Å². The van der Waals surface area contributed by atoms with Gasteiger partial charge in [0.2, 0.25) is 5.91 Å². The van der Waals surface area contributed by atoms with Crippen molar-refractivity contribution in [3.05, 3.63) is 53.7 Å². The molecule has 6 heteroatoms. The highest BCUT2D eigenvalue weighted by Crippen LogP contribution is 2.61. The van der Waals surface area contributed by atoms with Gasteiger partial charge in [-0.25, -0.2) is 4.98 Å². The van der Waals surface area contributed by atoms with Crippen molar-refractivity contribution < 1.29 is 19.4 Å². The van der Waals surface area contributed by atoms with Crippen molar-refractivity contribution in [2.24, 2.45) is 5.41 Å². The van der Waals surface area contributed by atoms with Gasteiger partial charge in [0.15, 0.2) is 0 Å². The molecule has 2 aromatic rings. The van der Waals surface area contributed by atoms with Gasteiger partial charge >= 0.3 is 5.97 Å². The number of carboxylic acid groups (broad SMARTS) is 1. The number of aromatic nitrogens is 1. The van der Waals surface area contributed by atoms with Gasteiger partial charge in [-0.3, -0.25) is 9.59 Å². The van der Waals surface area contributed by atoms with E-state index in [4.69, 9.17) is 9.84 Å². The molecule has 0 aliphatic heterocycles. The minimum atomic E-state index is -0.740. The molecule has 0 radical (unpaired) electrons. The highest BCUT2D eigenvalue weighted by atomic mass is 16.5. The quantitative estimate of drug-likeness (QED) is 0.743. The van der Waals surface area contributed by atoms with E-state index in [9.17, 15) is 9.59 Å². The molecule has 0 bridgehead atoms. The molecule has 2 N–H and O–H groups in total. The van der Waals surface area contributed by atoms with Gasteiger partial charge in [0.1, 0.15) is 11.6 Å². The van der Waals surface area contributed by atoms with Crippen molar-refractivity contribution in [1.82, 2.24) is 4.98 Å². The molecule has 0 saturated heterocycles. The normalized spacial score (nSPS) is 20.7. The molecular weight excluding hydrogens is 344 g/mol. The second-order valence-corrected chi connectivity index (χ2v) is 7.34. The van der Waals surface area contributed by atoms with Crippen molar-refractivity contribution >= 4 is 17.7 Å². The number of carbonyl (C=O) groups is 2. The highest BCUT2D eigenvalue weighted by Gasteiger charge is 2.51. The van der Waals surface area contributed by atoms with Crippen LogP contribution >= 0.6 is 0 Å². The molecule has 1 aliphatic carbocycles. The van der Waals surface area contributed by atoms with Crippen molar-refractivity contribution in [2.45, 2.75) is 39.0 Å². The fourth-order valence-corrected chi connectivity index (χ4v) is 3.41. The summed E-state index contributed by atoms with van der Waals surface area (Å²) in [5.74, 6) is 0.737. The molecule has 1 fully saturated rings. The molecule has 1 heterocycles. The van der Waals surface area contributed by atoms with E-state index >= 15 is 0 Å². The predicted molar refractivity (Wildman–Crippen MR) is 102 cm³/mol. The number of ether oxygens (including phenoxy) is 1. The summed E-state index contributed by atoms with van der Waals surface area (Å²) in [4.78, 5) is 26.4. The lowest BCUT2D eigenvalue weighted by Crippen LogP contribution is -2.09. The molecule has 1 saturated carbocycles. The molecule has 2 unspecified atom stereocenters. The molecular formula is C21H24N2O4. The van der Waals surface area contributed by atoms with Gasteiger partial charge < -0.3 is 15.2 Å². The summed E-state index contributed by atoms with van der Waals surface area (Å²) in [6.07, 6.45) is 1.75. The number of anilines is 1. The number of aliphatic carboxylic acids is 1. The van der Waals surface area contributed by atoms with E-state index in [-0.39, 0.29) is 17.7 Å². The number of hydrogen-bond acceptors (Lipinski definition) is 4. The Labute approximate surface area is 158 Å². The Kier molecular flexibility index (Phi) is 5.44. The summed E-state index contributed by atoms with van der Waals surface area (Å²) in [5, 5.41) is 11.7. The van der Waals surface area contributed by atoms with Crippen LogP contribution in [0.2, 0.25) is 0 Å². The van der Waals surface area contributed by atoms with Gasteiger partial charge in [0.25, 0.3) is 0 Å². The number of carbonyl (C=O) groups excluding carboxylic acids is 1. The number of carboxylic acids is 1. The first kappa shape index (κ1) is 18.9. The Hall–Kier alpha value is -2.89. The summed E-state index contributed by atoms with van der Waals surface area (Å²) in [5.41, 5.74) is 1.88. The number of nitrogens with one attached hydrogen (secondary N) is 1. The molecule has 1 aromatic heterocycles. The lowest BCUT2D eigenvalue weighted by Gasteiger charge is -2.10. The van der Waals surface area contributed by atoms with Gasteiger partial charge in [0.05, 0.1) is 13.0 Å². The lowest BCUT2D eigenvalue weighted by atomic mass is 9.98. The average Bonchev–Trinajstić information content (AvgIpc) is 3.25. The van der Waals surface area contributed by atoms with E-state index in [0.29, 0.717) is 24.8 Å². The van der Waals surface area contributed by atoms with Crippen LogP contribution in [0.1, 0.15) is 43.9 Å². The largest absolute Gasteiger partial charge is 0.493 e. The van der Waals surface area contributed by atoms with Crippen LogP contribution in [0, 0.1) is 5.41 Å². The van der Waals surface area contributed by atoms with Gasteiger partial charge in [-0.2, -0.15) is 0 Å². The molecule has 2 atom stereocenters. The van der Waals surface area contributed by atoms with E-state index in [2.05, 4.69) is 10.3 Å². The van der Waals surface area contributed by atoms with E-state index < -0.39 is 5.97 Å². The van der Waals surface area contributed by atoms with E-state index in [0.717, 1.165) is 23.4 Å². The smallest absolute Gasteiger partial charge is 0.303 e.